The van der Waals surface area contributed by atoms with E-state index in [1.165, 1.54) is 0 Å². The minimum Gasteiger partial charge on any atom is -0.507 e. The topological polar surface area (TPSA) is 25.2 Å². The molecule has 0 spiro atoms. The Morgan fingerprint density at radius 3 is 2.87 bits per heavy atom. The van der Waals surface area contributed by atoms with Crippen molar-refractivity contribution in [2.24, 2.45) is 0 Å². The number of allylic oxidation sites excluding steroid dienone is 1. The van der Waals surface area contributed by atoms with Gasteiger partial charge in [0.2, 0.25) is 0 Å². The molecule has 0 radical (unpaired) electrons. The molecular weight excluding hydrogens is 186 g/mol. The van der Waals surface area contributed by atoms with Crippen molar-refractivity contribution in [3.63, 3.8) is 0 Å². The summed E-state index contributed by atoms with van der Waals surface area (Å²) in [5.74, 6) is 0.344. The van der Waals surface area contributed by atoms with Gasteiger partial charge >= 0.3 is 0 Å². The van der Waals surface area contributed by atoms with Crippen molar-refractivity contribution in [2.45, 2.75) is 20.4 Å². The van der Waals surface area contributed by atoms with Gasteiger partial charge in [0.05, 0.1) is 5.52 Å². The normalized spacial score (nSPS) is 10.8. The lowest BCUT2D eigenvalue weighted by molar-refractivity contribution is 0.481. The van der Waals surface area contributed by atoms with Crippen molar-refractivity contribution in [3.05, 3.63) is 42.1 Å². The summed E-state index contributed by atoms with van der Waals surface area (Å²) in [7, 11) is 0. The van der Waals surface area contributed by atoms with E-state index in [9.17, 15) is 5.11 Å². The molecule has 0 aliphatic heterocycles. The Hall–Kier alpha value is -1.70. The number of phenolic OH excluding ortho intramolecular Hbond substituents is 1. The van der Waals surface area contributed by atoms with Crippen LogP contribution in [0.5, 0.6) is 5.75 Å². The minimum atomic E-state index is 0.344. The van der Waals surface area contributed by atoms with Crippen LogP contribution < -0.4 is 0 Å². The zero-order chi connectivity index (χ0) is 11.0. The highest BCUT2D eigenvalue weighted by Crippen LogP contribution is 2.27. The van der Waals surface area contributed by atoms with Gasteiger partial charge in [0.25, 0.3) is 0 Å². The predicted molar refractivity (Wildman–Crippen MR) is 63.2 cm³/mol. The van der Waals surface area contributed by atoms with Crippen LogP contribution >= 0.6 is 0 Å². The maximum Gasteiger partial charge on any atom is 0.124 e. The lowest BCUT2D eigenvalue weighted by Crippen LogP contribution is -1.99. The SMILES string of the molecule is C=C(C)Cn1c(C)cc2c(O)cccc21. The Kier molecular flexibility index (Phi) is 2.27. The third-order valence-corrected chi connectivity index (χ3v) is 2.56. The fraction of sp³-hybridized carbons (Fsp3) is 0.231. The Labute approximate surface area is 89.5 Å². The Morgan fingerprint density at radius 1 is 1.47 bits per heavy atom. The summed E-state index contributed by atoms with van der Waals surface area (Å²) in [6, 6.07) is 7.61. The highest BCUT2D eigenvalue weighted by Gasteiger charge is 2.07. The van der Waals surface area contributed by atoms with Gasteiger partial charge in [0, 0.05) is 17.6 Å². The molecule has 0 unspecified atom stereocenters. The molecule has 1 heterocycles. The van der Waals surface area contributed by atoms with Gasteiger partial charge in [0.1, 0.15) is 5.75 Å². The maximum absolute atomic E-state index is 9.71. The minimum absolute atomic E-state index is 0.344. The average molecular weight is 201 g/mol. The number of rotatable bonds is 2. The Bertz CT molecular complexity index is 523. The van der Waals surface area contributed by atoms with E-state index in [1.807, 2.05) is 32.0 Å². The van der Waals surface area contributed by atoms with Crippen LogP contribution in [0.1, 0.15) is 12.6 Å². The van der Waals surface area contributed by atoms with Crippen molar-refractivity contribution in [1.82, 2.24) is 4.57 Å². The Balaban J connectivity index is 2.68. The molecule has 1 N–H and O–H groups in total. The maximum atomic E-state index is 9.71. The van der Waals surface area contributed by atoms with E-state index in [2.05, 4.69) is 11.1 Å². The molecule has 0 saturated heterocycles. The van der Waals surface area contributed by atoms with Gasteiger partial charge in [-0.05, 0) is 32.0 Å². The molecular formula is C13H15NO. The molecule has 0 bridgehead atoms. The molecule has 2 rings (SSSR count). The first-order valence-electron chi connectivity index (χ1n) is 5.02. The van der Waals surface area contributed by atoms with Gasteiger partial charge in [0.15, 0.2) is 0 Å². The van der Waals surface area contributed by atoms with Crippen LogP contribution in [0.15, 0.2) is 36.4 Å². The lowest BCUT2D eigenvalue weighted by atomic mass is 10.2. The number of aromatic nitrogens is 1. The van der Waals surface area contributed by atoms with Crippen molar-refractivity contribution < 1.29 is 5.11 Å². The van der Waals surface area contributed by atoms with E-state index in [0.29, 0.717) is 5.75 Å². The van der Waals surface area contributed by atoms with Crippen LogP contribution in [-0.2, 0) is 6.54 Å². The van der Waals surface area contributed by atoms with Crippen molar-refractivity contribution in [3.8, 4) is 5.75 Å². The number of benzene rings is 1. The molecule has 1 aromatic heterocycles. The van der Waals surface area contributed by atoms with E-state index in [-0.39, 0.29) is 0 Å². The molecule has 0 atom stereocenters. The van der Waals surface area contributed by atoms with Crippen LogP contribution in [-0.4, -0.2) is 9.67 Å². The van der Waals surface area contributed by atoms with Crippen molar-refractivity contribution >= 4 is 10.9 Å². The molecule has 15 heavy (non-hydrogen) atoms. The van der Waals surface area contributed by atoms with Gasteiger partial charge in [-0.2, -0.15) is 0 Å². The summed E-state index contributed by atoms with van der Waals surface area (Å²) in [4.78, 5) is 0. The number of hydrogen-bond donors (Lipinski definition) is 1. The summed E-state index contributed by atoms with van der Waals surface area (Å²) in [6.45, 7) is 8.77. The van der Waals surface area contributed by atoms with Crippen LogP contribution in [0, 0.1) is 6.92 Å². The van der Waals surface area contributed by atoms with E-state index >= 15 is 0 Å². The second-order valence-corrected chi connectivity index (χ2v) is 4.04. The number of hydrogen-bond acceptors (Lipinski definition) is 1. The summed E-state index contributed by atoms with van der Waals surface area (Å²) in [5.41, 5.74) is 3.32. The predicted octanol–water partition coefficient (Wildman–Crippen LogP) is 3.23. The monoisotopic (exact) mass is 201 g/mol. The zero-order valence-electron chi connectivity index (χ0n) is 9.12. The average Bonchev–Trinajstić information content (AvgIpc) is 2.45. The first-order valence-corrected chi connectivity index (χ1v) is 5.02. The summed E-state index contributed by atoms with van der Waals surface area (Å²) >= 11 is 0. The molecule has 0 amide bonds. The number of aryl methyl sites for hydroxylation is 1. The van der Waals surface area contributed by atoms with Gasteiger partial charge in [-0.1, -0.05) is 18.2 Å². The van der Waals surface area contributed by atoms with Crippen molar-refractivity contribution in [2.75, 3.05) is 0 Å². The molecule has 0 fully saturated rings. The van der Waals surface area contributed by atoms with Crippen LogP contribution in [0.3, 0.4) is 0 Å². The fourth-order valence-corrected chi connectivity index (χ4v) is 1.88. The number of aromatic hydroxyl groups is 1. The number of fused-ring (bicyclic) bond motifs is 1. The number of nitrogens with zero attached hydrogens (tertiary/aromatic N) is 1. The lowest BCUT2D eigenvalue weighted by Gasteiger charge is -2.07. The first-order chi connectivity index (χ1) is 7.09. The third kappa shape index (κ3) is 1.63. The van der Waals surface area contributed by atoms with Crippen LogP contribution in [0.2, 0.25) is 0 Å². The highest BCUT2D eigenvalue weighted by molar-refractivity contribution is 5.87. The molecule has 78 valence electrons. The van der Waals surface area contributed by atoms with Gasteiger partial charge in [-0.25, -0.2) is 0 Å². The van der Waals surface area contributed by atoms with Gasteiger partial charge in [-0.15, -0.1) is 0 Å². The smallest absolute Gasteiger partial charge is 0.124 e. The number of phenols is 1. The molecule has 0 aliphatic rings. The second kappa shape index (κ2) is 3.46. The summed E-state index contributed by atoms with van der Waals surface area (Å²) < 4.78 is 2.16. The van der Waals surface area contributed by atoms with E-state index in [4.69, 9.17) is 0 Å². The molecule has 2 aromatic rings. The quantitative estimate of drug-likeness (QED) is 0.741. The standard InChI is InChI=1S/C13H15NO/c1-9(2)8-14-10(3)7-11-12(14)5-4-6-13(11)15/h4-7,15H,1,8H2,2-3H3. The van der Waals surface area contributed by atoms with E-state index < -0.39 is 0 Å². The summed E-state index contributed by atoms with van der Waals surface area (Å²) in [6.07, 6.45) is 0. The Morgan fingerprint density at radius 2 is 2.20 bits per heavy atom. The first kappa shape index (κ1) is 9.84. The summed E-state index contributed by atoms with van der Waals surface area (Å²) in [5, 5.41) is 10.6. The largest absolute Gasteiger partial charge is 0.507 e. The third-order valence-electron chi connectivity index (χ3n) is 2.56. The molecule has 0 saturated carbocycles. The van der Waals surface area contributed by atoms with Crippen LogP contribution in [0.25, 0.3) is 10.9 Å². The van der Waals surface area contributed by atoms with Crippen molar-refractivity contribution in [1.29, 1.82) is 0 Å². The fourth-order valence-electron chi connectivity index (χ4n) is 1.88. The van der Waals surface area contributed by atoms with Crippen LogP contribution in [0.4, 0.5) is 0 Å². The highest BCUT2D eigenvalue weighted by atomic mass is 16.3. The molecule has 0 aliphatic carbocycles. The molecule has 2 heteroatoms. The second-order valence-electron chi connectivity index (χ2n) is 4.04. The van der Waals surface area contributed by atoms with Gasteiger partial charge < -0.3 is 9.67 Å². The van der Waals surface area contributed by atoms with Gasteiger partial charge in [-0.3, -0.25) is 0 Å². The molecule has 1 aromatic carbocycles. The van der Waals surface area contributed by atoms with E-state index in [0.717, 1.165) is 28.7 Å². The van der Waals surface area contributed by atoms with E-state index in [1.54, 1.807) is 6.07 Å². The zero-order valence-corrected chi connectivity index (χ0v) is 9.12. The molecule has 2 nitrogen and oxygen atoms in total.